The Morgan fingerprint density at radius 1 is 0.938 bits per heavy atom. The lowest BCUT2D eigenvalue weighted by atomic mass is 10.1. The molecule has 2 fully saturated rings. The van der Waals surface area contributed by atoms with Crippen LogP contribution in [0.2, 0.25) is 0 Å². The molecule has 0 radical (unpaired) electrons. The summed E-state index contributed by atoms with van der Waals surface area (Å²) in [5.74, 6) is 4.86. The number of fused-ring (bicyclic) bond motifs is 1. The zero-order valence-corrected chi connectivity index (χ0v) is 8.93. The normalized spacial score (nSPS) is 36.6. The standard InChI is InChI=1S/C12H14O4/c1-3-5-13-9-7-15-12-10(14-6-4-2)8-16-11(9)12/h1-2,9-12H,5-8H2/t9-,10-,11?,12?/m1/s1. The third-order valence-electron chi connectivity index (χ3n) is 2.72. The highest BCUT2D eigenvalue weighted by Crippen LogP contribution is 2.30. The molecule has 16 heavy (non-hydrogen) atoms. The summed E-state index contributed by atoms with van der Waals surface area (Å²) >= 11 is 0. The molecule has 4 atom stereocenters. The third kappa shape index (κ3) is 2.21. The Morgan fingerprint density at radius 2 is 1.38 bits per heavy atom. The zero-order chi connectivity index (χ0) is 11.4. The van der Waals surface area contributed by atoms with Gasteiger partial charge in [-0.05, 0) is 0 Å². The van der Waals surface area contributed by atoms with E-state index in [2.05, 4.69) is 11.8 Å². The summed E-state index contributed by atoms with van der Waals surface area (Å²) in [5, 5.41) is 0. The average molecular weight is 222 g/mol. The van der Waals surface area contributed by atoms with Crippen LogP contribution in [0.3, 0.4) is 0 Å². The van der Waals surface area contributed by atoms with Gasteiger partial charge in [-0.25, -0.2) is 0 Å². The summed E-state index contributed by atoms with van der Waals surface area (Å²) in [5.41, 5.74) is 0. The molecule has 0 N–H and O–H groups in total. The van der Waals surface area contributed by atoms with E-state index in [0.29, 0.717) is 13.2 Å². The molecule has 2 saturated heterocycles. The van der Waals surface area contributed by atoms with Gasteiger partial charge in [-0.3, -0.25) is 0 Å². The van der Waals surface area contributed by atoms with Gasteiger partial charge in [-0.15, -0.1) is 12.8 Å². The van der Waals surface area contributed by atoms with Gasteiger partial charge in [0.25, 0.3) is 0 Å². The van der Waals surface area contributed by atoms with Crippen molar-refractivity contribution in [3.05, 3.63) is 0 Å². The second-order valence-corrected chi connectivity index (χ2v) is 3.70. The molecule has 86 valence electrons. The minimum atomic E-state index is -0.0968. The van der Waals surface area contributed by atoms with Crippen LogP contribution in [-0.4, -0.2) is 50.8 Å². The van der Waals surface area contributed by atoms with Crippen molar-refractivity contribution in [1.29, 1.82) is 0 Å². The van der Waals surface area contributed by atoms with E-state index in [4.69, 9.17) is 31.8 Å². The molecule has 0 aliphatic carbocycles. The monoisotopic (exact) mass is 222 g/mol. The lowest BCUT2D eigenvalue weighted by molar-refractivity contribution is -0.0385. The van der Waals surface area contributed by atoms with Crippen molar-refractivity contribution in [3.63, 3.8) is 0 Å². The van der Waals surface area contributed by atoms with Crippen molar-refractivity contribution >= 4 is 0 Å². The predicted octanol–water partition coefficient (Wildman–Crippen LogP) is -0.179. The Hall–Kier alpha value is -1.04. The Morgan fingerprint density at radius 3 is 1.75 bits per heavy atom. The van der Waals surface area contributed by atoms with Gasteiger partial charge in [-0.2, -0.15) is 0 Å². The Balaban J connectivity index is 1.86. The van der Waals surface area contributed by atoms with Gasteiger partial charge >= 0.3 is 0 Å². The van der Waals surface area contributed by atoms with Crippen LogP contribution >= 0.6 is 0 Å². The van der Waals surface area contributed by atoms with Crippen LogP contribution in [0.1, 0.15) is 0 Å². The van der Waals surface area contributed by atoms with Crippen molar-refractivity contribution in [3.8, 4) is 24.7 Å². The lowest BCUT2D eigenvalue weighted by Gasteiger charge is -2.15. The van der Waals surface area contributed by atoms with Crippen molar-refractivity contribution in [1.82, 2.24) is 0 Å². The van der Waals surface area contributed by atoms with Crippen LogP contribution in [0, 0.1) is 24.7 Å². The van der Waals surface area contributed by atoms with Gasteiger partial charge in [0.1, 0.15) is 37.6 Å². The molecule has 2 heterocycles. The topological polar surface area (TPSA) is 36.9 Å². The number of hydrogen-bond donors (Lipinski definition) is 0. The lowest BCUT2D eigenvalue weighted by Crippen LogP contribution is -2.34. The van der Waals surface area contributed by atoms with Gasteiger partial charge in [0, 0.05) is 0 Å². The molecule has 2 aliphatic heterocycles. The van der Waals surface area contributed by atoms with Gasteiger partial charge in [0.15, 0.2) is 0 Å². The quantitative estimate of drug-likeness (QED) is 0.618. The van der Waals surface area contributed by atoms with E-state index in [0.717, 1.165) is 0 Å². The van der Waals surface area contributed by atoms with Crippen molar-refractivity contribution < 1.29 is 18.9 Å². The average Bonchev–Trinajstić information content (AvgIpc) is 2.86. The molecule has 4 heteroatoms. The largest absolute Gasteiger partial charge is 0.370 e. The van der Waals surface area contributed by atoms with E-state index in [1.165, 1.54) is 0 Å². The van der Waals surface area contributed by atoms with E-state index in [-0.39, 0.29) is 37.6 Å². The first kappa shape index (κ1) is 11.4. The highest BCUT2D eigenvalue weighted by atomic mass is 16.6. The molecule has 0 aromatic rings. The molecule has 2 unspecified atom stereocenters. The highest BCUT2D eigenvalue weighted by Gasteiger charge is 2.48. The Labute approximate surface area is 95.2 Å². The molecule has 2 rings (SSSR count). The van der Waals surface area contributed by atoms with Crippen LogP contribution in [-0.2, 0) is 18.9 Å². The second kappa shape index (κ2) is 5.34. The zero-order valence-electron chi connectivity index (χ0n) is 8.93. The Bertz CT molecular complexity index is 282. The van der Waals surface area contributed by atoms with Gasteiger partial charge < -0.3 is 18.9 Å². The fraction of sp³-hybridized carbons (Fsp3) is 0.667. The molecule has 2 aliphatic rings. The SMILES string of the molecule is C#CCO[C@@H]1COC2C1OC[C@H]2OCC#C. The first-order chi connectivity index (χ1) is 7.86. The molecule has 0 spiro atoms. The van der Waals surface area contributed by atoms with E-state index >= 15 is 0 Å². The molecular formula is C12H14O4. The second-order valence-electron chi connectivity index (χ2n) is 3.70. The van der Waals surface area contributed by atoms with E-state index in [9.17, 15) is 0 Å². The molecule has 0 aromatic carbocycles. The molecule has 0 amide bonds. The van der Waals surface area contributed by atoms with Crippen molar-refractivity contribution in [2.75, 3.05) is 26.4 Å². The van der Waals surface area contributed by atoms with E-state index < -0.39 is 0 Å². The number of ether oxygens (including phenoxy) is 4. The predicted molar refractivity (Wildman–Crippen MR) is 56.6 cm³/mol. The minimum absolute atomic E-state index is 0.0869. The van der Waals surface area contributed by atoms with Crippen molar-refractivity contribution in [2.24, 2.45) is 0 Å². The van der Waals surface area contributed by atoms with Crippen LogP contribution < -0.4 is 0 Å². The summed E-state index contributed by atoms with van der Waals surface area (Å²) < 4.78 is 22.0. The first-order valence-electron chi connectivity index (χ1n) is 5.20. The fourth-order valence-corrected chi connectivity index (χ4v) is 2.03. The van der Waals surface area contributed by atoms with E-state index in [1.54, 1.807) is 0 Å². The third-order valence-corrected chi connectivity index (χ3v) is 2.72. The molecule has 0 aromatic heterocycles. The maximum absolute atomic E-state index is 5.58. The summed E-state index contributed by atoms with van der Waals surface area (Å²) in [6, 6.07) is 0. The Kier molecular flexibility index (Phi) is 3.82. The van der Waals surface area contributed by atoms with Crippen molar-refractivity contribution in [2.45, 2.75) is 24.4 Å². The summed E-state index contributed by atoms with van der Waals surface area (Å²) in [6.07, 6.45) is 9.90. The molecule has 0 saturated carbocycles. The van der Waals surface area contributed by atoms with Crippen LogP contribution in [0.15, 0.2) is 0 Å². The van der Waals surface area contributed by atoms with E-state index in [1.807, 2.05) is 0 Å². The first-order valence-corrected chi connectivity index (χ1v) is 5.20. The number of rotatable bonds is 4. The summed E-state index contributed by atoms with van der Waals surface area (Å²) in [4.78, 5) is 0. The molecule has 4 nitrogen and oxygen atoms in total. The summed E-state index contributed by atoms with van der Waals surface area (Å²) in [6.45, 7) is 1.53. The maximum atomic E-state index is 5.58. The van der Waals surface area contributed by atoms with Gasteiger partial charge in [-0.1, -0.05) is 11.8 Å². The maximum Gasteiger partial charge on any atom is 0.115 e. The smallest absolute Gasteiger partial charge is 0.115 e. The number of terminal acetylenes is 2. The molecular weight excluding hydrogens is 208 g/mol. The number of hydrogen-bond acceptors (Lipinski definition) is 4. The van der Waals surface area contributed by atoms with Gasteiger partial charge in [0.05, 0.1) is 13.2 Å². The minimum Gasteiger partial charge on any atom is -0.370 e. The van der Waals surface area contributed by atoms with Crippen LogP contribution in [0.5, 0.6) is 0 Å². The van der Waals surface area contributed by atoms with Crippen LogP contribution in [0.25, 0.3) is 0 Å². The van der Waals surface area contributed by atoms with Gasteiger partial charge in [0.2, 0.25) is 0 Å². The highest BCUT2D eigenvalue weighted by molar-refractivity contribution is 4.97. The fourth-order valence-electron chi connectivity index (χ4n) is 2.03. The summed E-state index contributed by atoms with van der Waals surface area (Å²) in [7, 11) is 0. The van der Waals surface area contributed by atoms with Crippen LogP contribution in [0.4, 0.5) is 0 Å². The molecule has 0 bridgehead atoms.